The van der Waals surface area contributed by atoms with E-state index in [1.165, 1.54) is 81.0 Å². The molecule has 0 bridgehead atoms. The summed E-state index contributed by atoms with van der Waals surface area (Å²) in [6.45, 7) is 7.98. The van der Waals surface area contributed by atoms with Crippen LogP contribution in [-0.2, 0) is 6.42 Å². The quantitative estimate of drug-likeness (QED) is 0.544. The molecule has 0 radical (unpaired) electrons. The highest BCUT2D eigenvalue weighted by Crippen LogP contribution is 2.30. The zero-order valence-corrected chi connectivity index (χ0v) is 19.4. The molecule has 2 N–H and O–H groups in total. The molecule has 1 saturated heterocycles. The lowest BCUT2D eigenvalue weighted by molar-refractivity contribution is 0.175. The first-order valence-corrected chi connectivity index (χ1v) is 12.2. The predicted octanol–water partition coefficient (Wildman–Crippen LogP) is 5.79. The van der Waals surface area contributed by atoms with Crippen molar-refractivity contribution in [3.8, 4) is 5.75 Å². The number of likely N-dealkylation sites (tertiary alicyclic amines) is 1. The van der Waals surface area contributed by atoms with E-state index in [1.807, 2.05) is 0 Å². The Hall–Kier alpha value is -0.580. The van der Waals surface area contributed by atoms with Crippen molar-refractivity contribution in [1.82, 2.24) is 4.90 Å². The second-order valence-electron chi connectivity index (χ2n) is 9.33. The molecule has 3 rings (SSSR count). The van der Waals surface area contributed by atoms with Gasteiger partial charge in [-0.05, 0) is 127 Å². The summed E-state index contributed by atoms with van der Waals surface area (Å²) in [5.74, 6) is 2.73. The van der Waals surface area contributed by atoms with Crippen molar-refractivity contribution in [3.05, 3.63) is 28.2 Å². The molecule has 0 atom stereocenters. The van der Waals surface area contributed by atoms with Gasteiger partial charge < -0.3 is 15.4 Å². The summed E-state index contributed by atoms with van der Waals surface area (Å²) in [4.78, 5) is 2.69. The molecule has 2 aliphatic rings. The minimum atomic E-state index is 0.225. The molecule has 1 aromatic rings. The number of ether oxygens (including phenoxy) is 1. The fourth-order valence-corrected chi connectivity index (χ4v) is 5.27. The van der Waals surface area contributed by atoms with E-state index in [2.05, 4.69) is 52.9 Å². The van der Waals surface area contributed by atoms with E-state index in [0.717, 1.165) is 24.0 Å². The second-order valence-corrected chi connectivity index (χ2v) is 10.2. The van der Waals surface area contributed by atoms with Crippen LogP contribution in [0.15, 0.2) is 22.7 Å². The highest BCUT2D eigenvalue weighted by Gasteiger charge is 2.22. The molecule has 1 saturated carbocycles. The van der Waals surface area contributed by atoms with Crippen molar-refractivity contribution >= 4 is 15.9 Å². The Balaban J connectivity index is 1.37. The van der Waals surface area contributed by atoms with Gasteiger partial charge in [-0.3, -0.25) is 0 Å². The molecule has 158 valence electrons. The van der Waals surface area contributed by atoms with E-state index < -0.39 is 0 Å². The summed E-state index contributed by atoms with van der Waals surface area (Å²) in [6.07, 6.45) is 12.0. The maximum absolute atomic E-state index is 6.03. The fourth-order valence-electron chi connectivity index (χ4n) is 4.86. The Morgan fingerprint density at radius 2 is 1.79 bits per heavy atom. The lowest BCUT2D eigenvalue weighted by Gasteiger charge is -2.33. The van der Waals surface area contributed by atoms with E-state index in [1.54, 1.807) is 0 Å². The van der Waals surface area contributed by atoms with E-state index in [-0.39, 0.29) is 6.10 Å². The summed E-state index contributed by atoms with van der Waals surface area (Å²) in [5, 5.41) is 0. The standard InChI is InChI=1S/C24H39BrN2O/c1-18(2)28-23-9-10-24(25)21(17-23)16-20-11-14-27(15-12-20)13-3-4-19-5-7-22(26)8-6-19/h9-10,17-20,22H,3-8,11-16,26H2,1-2H3/t19-,22-. The molecule has 1 aromatic carbocycles. The number of hydrogen-bond donors (Lipinski definition) is 1. The van der Waals surface area contributed by atoms with Gasteiger partial charge in [-0.1, -0.05) is 15.9 Å². The molecular weight excluding hydrogens is 412 g/mol. The number of nitrogens with zero attached hydrogens (tertiary/aromatic N) is 1. The van der Waals surface area contributed by atoms with Crippen molar-refractivity contribution in [2.45, 2.75) is 83.8 Å². The maximum atomic E-state index is 6.03. The van der Waals surface area contributed by atoms with Gasteiger partial charge in [-0.25, -0.2) is 0 Å². The van der Waals surface area contributed by atoms with Crippen LogP contribution in [0.1, 0.15) is 70.8 Å². The van der Waals surface area contributed by atoms with Crippen LogP contribution < -0.4 is 10.5 Å². The molecular formula is C24H39BrN2O. The minimum Gasteiger partial charge on any atom is -0.491 e. The average Bonchev–Trinajstić information content (AvgIpc) is 2.67. The predicted molar refractivity (Wildman–Crippen MR) is 122 cm³/mol. The molecule has 2 fully saturated rings. The highest BCUT2D eigenvalue weighted by atomic mass is 79.9. The largest absolute Gasteiger partial charge is 0.491 e. The number of piperidine rings is 1. The normalized spacial score (nSPS) is 24.6. The van der Waals surface area contributed by atoms with Crippen LogP contribution in [0.25, 0.3) is 0 Å². The number of benzene rings is 1. The molecule has 0 aromatic heterocycles. The third-order valence-electron chi connectivity index (χ3n) is 6.58. The first kappa shape index (κ1) is 22.1. The zero-order valence-electron chi connectivity index (χ0n) is 17.8. The Kier molecular flexibility index (Phi) is 8.68. The van der Waals surface area contributed by atoms with Crippen molar-refractivity contribution in [2.24, 2.45) is 17.6 Å². The molecule has 1 aliphatic carbocycles. The van der Waals surface area contributed by atoms with Gasteiger partial charge in [-0.2, -0.15) is 0 Å². The molecule has 4 heteroatoms. The monoisotopic (exact) mass is 450 g/mol. The van der Waals surface area contributed by atoms with Gasteiger partial charge in [0.2, 0.25) is 0 Å². The number of halogens is 1. The van der Waals surface area contributed by atoms with E-state index in [0.29, 0.717) is 6.04 Å². The average molecular weight is 451 g/mol. The van der Waals surface area contributed by atoms with Crippen molar-refractivity contribution in [3.63, 3.8) is 0 Å². The second kappa shape index (κ2) is 11.0. The van der Waals surface area contributed by atoms with E-state index >= 15 is 0 Å². The molecule has 1 aliphatic heterocycles. The van der Waals surface area contributed by atoms with Crippen LogP contribution in [0.5, 0.6) is 5.75 Å². The van der Waals surface area contributed by atoms with Crippen LogP contribution in [0, 0.1) is 11.8 Å². The maximum Gasteiger partial charge on any atom is 0.120 e. The molecule has 0 unspecified atom stereocenters. The highest BCUT2D eigenvalue weighted by molar-refractivity contribution is 9.10. The number of nitrogens with two attached hydrogens (primary N) is 1. The summed E-state index contributed by atoms with van der Waals surface area (Å²) >= 11 is 3.74. The van der Waals surface area contributed by atoms with Gasteiger partial charge in [0.25, 0.3) is 0 Å². The van der Waals surface area contributed by atoms with Gasteiger partial charge >= 0.3 is 0 Å². The Bertz CT molecular complexity index is 590. The smallest absolute Gasteiger partial charge is 0.120 e. The van der Waals surface area contributed by atoms with Crippen LogP contribution in [0.2, 0.25) is 0 Å². The lowest BCUT2D eigenvalue weighted by Crippen LogP contribution is -2.35. The molecule has 0 spiro atoms. The van der Waals surface area contributed by atoms with Crippen molar-refractivity contribution in [1.29, 1.82) is 0 Å². The summed E-state index contributed by atoms with van der Waals surface area (Å²) < 4.78 is 7.10. The van der Waals surface area contributed by atoms with Gasteiger partial charge in [0.15, 0.2) is 0 Å². The van der Waals surface area contributed by atoms with Gasteiger partial charge in [0.05, 0.1) is 6.10 Å². The van der Waals surface area contributed by atoms with Crippen molar-refractivity contribution < 1.29 is 4.74 Å². The third kappa shape index (κ3) is 7.03. The minimum absolute atomic E-state index is 0.225. The number of hydrogen-bond acceptors (Lipinski definition) is 3. The summed E-state index contributed by atoms with van der Waals surface area (Å²) in [6, 6.07) is 6.91. The lowest BCUT2D eigenvalue weighted by atomic mass is 9.83. The summed E-state index contributed by atoms with van der Waals surface area (Å²) in [7, 11) is 0. The van der Waals surface area contributed by atoms with E-state index in [4.69, 9.17) is 10.5 Å². The van der Waals surface area contributed by atoms with E-state index in [9.17, 15) is 0 Å². The third-order valence-corrected chi connectivity index (χ3v) is 7.36. The SMILES string of the molecule is CC(C)Oc1ccc(Br)c(CC2CCN(CCC[C@H]3CC[C@H](N)CC3)CC2)c1. The number of rotatable bonds is 8. The Morgan fingerprint density at radius 1 is 1.07 bits per heavy atom. The van der Waals surface area contributed by atoms with Crippen molar-refractivity contribution in [2.75, 3.05) is 19.6 Å². The van der Waals surface area contributed by atoms with Crippen LogP contribution in [0.4, 0.5) is 0 Å². The van der Waals surface area contributed by atoms with Crippen LogP contribution >= 0.6 is 15.9 Å². The first-order chi connectivity index (χ1) is 13.5. The molecule has 1 heterocycles. The van der Waals surface area contributed by atoms with Gasteiger partial charge in [-0.15, -0.1) is 0 Å². The summed E-state index contributed by atoms with van der Waals surface area (Å²) in [5.41, 5.74) is 7.43. The Labute approximate surface area is 180 Å². The fraction of sp³-hybridized carbons (Fsp3) is 0.750. The zero-order chi connectivity index (χ0) is 19.9. The molecule has 0 amide bonds. The molecule has 28 heavy (non-hydrogen) atoms. The van der Waals surface area contributed by atoms with Gasteiger partial charge in [0.1, 0.15) is 5.75 Å². The Morgan fingerprint density at radius 3 is 2.46 bits per heavy atom. The first-order valence-electron chi connectivity index (χ1n) is 11.4. The van der Waals surface area contributed by atoms with Gasteiger partial charge in [0, 0.05) is 10.5 Å². The molecule has 3 nitrogen and oxygen atoms in total. The topological polar surface area (TPSA) is 38.5 Å². The van der Waals surface area contributed by atoms with Crippen LogP contribution in [-0.4, -0.2) is 36.7 Å². The van der Waals surface area contributed by atoms with Crippen LogP contribution in [0.3, 0.4) is 0 Å².